The second-order valence-electron chi connectivity index (χ2n) is 6.45. The number of hydrogen-bond acceptors (Lipinski definition) is 7. The maximum Gasteiger partial charge on any atom is 0.337 e. The molecule has 0 aliphatic carbocycles. The van der Waals surface area contributed by atoms with Crippen LogP contribution in [-0.4, -0.2) is 37.8 Å². The first-order chi connectivity index (χ1) is 14.1. The zero-order valence-corrected chi connectivity index (χ0v) is 16.3. The fraction of sp³-hybridized carbons (Fsp3) is 0.286. The number of esters is 1. The molecule has 1 saturated heterocycles. The van der Waals surface area contributed by atoms with E-state index in [1.54, 1.807) is 24.3 Å². The Morgan fingerprint density at radius 2 is 1.93 bits per heavy atom. The summed E-state index contributed by atoms with van der Waals surface area (Å²) < 4.78 is 10.3. The second-order valence-corrected chi connectivity index (χ2v) is 6.45. The normalized spacial score (nSPS) is 18.6. The predicted octanol–water partition coefficient (Wildman–Crippen LogP) is 1.93. The van der Waals surface area contributed by atoms with Crippen LogP contribution in [0, 0.1) is 0 Å². The number of methoxy groups -OCH3 is 1. The molecular formula is C21H24N4O4. The lowest BCUT2D eigenvalue weighted by Crippen LogP contribution is -2.41. The van der Waals surface area contributed by atoms with Gasteiger partial charge in [-0.25, -0.2) is 21.1 Å². The SMILES string of the molecule is CCOc1ccccc1C1CC(C(=O)N/N=C/c2ccc(C(=O)OC)cc2)NN1. The molecule has 3 rings (SSSR count). The Bertz CT molecular complexity index is 883. The molecule has 0 saturated carbocycles. The third-order valence-electron chi connectivity index (χ3n) is 4.53. The molecule has 2 aromatic carbocycles. The van der Waals surface area contributed by atoms with Gasteiger partial charge in [0.05, 0.1) is 31.5 Å². The summed E-state index contributed by atoms with van der Waals surface area (Å²) >= 11 is 0. The monoisotopic (exact) mass is 396 g/mol. The predicted molar refractivity (Wildman–Crippen MR) is 109 cm³/mol. The topological polar surface area (TPSA) is 101 Å². The summed E-state index contributed by atoms with van der Waals surface area (Å²) in [5.41, 5.74) is 10.9. The molecule has 29 heavy (non-hydrogen) atoms. The first-order valence-corrected chi connectivity index (χ1v) is 9.36. The fourth-order valence-corrected chi connectivity index (χ4v) is 3.06. The van der Waals surface area contributed by atoms with Crippen molar-refractivity contribution in [1.29, 1.82) is 0 Å². The van der Waals surface area contributed by atoms with E-state index in [1.807, 2.05) is 31.2 Å². The van der Waals surface area contributed by atoms with E-state index in [1.165, 1.54) is 13.3 Å². The summed E-state index contributed by atoms with van der Waals surface area (Å²) in [6.45, 7) is 2.52. The number of hydrazine groups is 1. The number of ether oxygens (including phenoxy) is 2. The van der Waals surface area contributed by atoms with Gasteiger partial charge in [-0.1, -0.05) is 30.3 Å². The van der Waals surface area contributed by atoms with Crippen LogP contribution < -0.4 is 21.0 Å². The Balaban J connectivity index is 1.54. The first kappa shape index (κ1) is 20.5. The minimum atomic E-state index is -0.423. The number of hydrazone groups is 1. The highest BCUT2D eigenvalue weighted by Gasteiger charge is 2.31. The molecule has 3 N–H and O–H groups in total. The van der Waals surface area contributed by atoms with Gasteiger partial charge in [-0.05, 0) is 37.1 Å². The maximum absolute atomic E-state index is 12.4. The Labute approximate surface area is 169 Å². The van der Waals surface area contributed by atoms with Crippen LogP contribution in [0.5, 0.6) is 5.75 Å². The molecule has 0 bridgehead atoms. The summed E-state index contributed by atoms with van der Waals surface area (Å²) in [6, 6.07) is 14.0. The Morgan fingerprint density at radius 3 is 2.66 bits per heavy atom. The average molecular weight is 396 g/mol. The van der Waals surface area contributed by atoms with Crippen LogP contribution in [0.15, 0.2) is 53.6 Å². The molecule has 2 aromatic rings. The minimum Gasteiger partial charge on any atom is -0.494 e. The first-order valence-electron chi connectivity index (χ1n) is 9.36. The summed E-state index contributed by atoms with van der Waals surface area (Å²) in [5, 5.41) is 3.99. The van der Waals surface area contributed by atoms with Gasteiger partial charge in [0.25, 0.3) is 5.91 Å². The number of nitrogens with one attached hydrogen (secondary N) is 3. The zero-order chi connectivity index (χ0) is 20.6. The van der Waals surface area contributed by atoms with Crippen LogP contribution >= 0.6 is 0 Å². The molecule has 0 spiro atoms. The molecule has 2 atom stereocenters. The van der Waals surface area contributed by atoms with E-state index < -0.39 is 12.0 Å². The van der Waals surface area contributed by atoms with Crippen molar-refractivity contribution in [2.75, 3.05) is 13.7 Å². The molecule has 1 fully saturated rings. The van der Waals surface area contributed by atoms with E-state index >= 15 is 0 Å². The van der Waals surface area contributed by atoms with Gasteiger partial charge in [0.1, 0.15) is 11.8 Å². The van der Waals surface area contributed by atoms with Crippen molar-refractivity contribution >= 4 is 18.1 Å². The van der Waals surface area contributed by atoms with Crippen LogP contribution in [0.4, 0.5) is 0 Å². The van der Waals surface area contributed by atoms with Crippen LogP contribution in [0.1, 0.15) is 40.9 Å². The summed E-state index contributed by atoms with van der Waals surface area (Å²) in [6.07, 6.45) is 2.09. The van der Waals surface area contributed by atoms with Crippen LogP contribution in [-0.2, 0) is 9.53 Å². The van der Waals surface area contributed by atoms with Crippen molar-refractivity contribution in [1.82, 2.24) is 16.3 Å². The van der Waals surface area contributed by atoms with Gasteiger partial charge in [-0.2, -0.15) is 5.10 Å². The minimum absolute atomic E-state index is 0.0386. The van der Waals surface area contributed by atoms with Gasteiger partial charge < -0.3 is 9.47 Å². The van der Waals surface area contributed by atoms with E-state index in [9.17, 15) is 9.59 Å². The van der Waals surface area contributed by atoms with Crippen LogP contribution in [0.3, 0.4) is 0 Å². The van der Waals surface area contributed by atoms with Crippen molar-refractivity contribution in [3.05, 3.63) is 65.2 Å². The van der Waals surface area contributed by atoms with E-state index in [4.69, 9.17) is 4.74 Å². The number of nitrogens with zero attached hydrogens (tertiary/aromatic N) is 1. The van der Waals surface area contributed by atoms with Gasteiger partial charge in [0, 0.05) is 5.56 Å². The molecule has 1 aliphatic heterocycles. The van der Waals surface area contributed by atoms with E-state index in [-0.39, 0.29) is 11.9 Å². The smallest absolute Gasteiger partial charge is 0.337 e. The van der Waals surface area contributed by atoms with Gasteiger partial charge in [-0.15, -0.1) is 0 Å². The van der Waals surface area contributed by atoms with E-state index in [0.717, 1.165) is 16.9 Å². The lowest BCUT2D eigenvalue weighted by Gasteiger charge is -2.15. The molecule has 8 nitrogen and oxygen atoms in total. The maximum atomic E-state index is 12.4. The average Bonchev–Trinajstić information content (AvgIpc) is 3.24. The molecule has 152 valence electrons. The third kappa shape index (κ3) is 5.18. The lowest BCUT2D eigenvalue weighted by molar-refractivity contribution is -0.122. The molecule has 0 radical (unpaired) electrons. The number of carbonyl (C=O) groups is 2. The summed E-state index contributed by atoms with van der Waals surface area (Å²) in [7, 11) is 1.33. The Morgan fingerprint density at radius 1 is 1.17 bits per heavy atom. The molecular weight excluding hydrogens is 372 g/mol. The highest BCUT2D eigenvalue weighted by atomic mass is 16.5. The Kier molecular flexibility index (Phi) is 6.94. The number of amides is 1. The highest BCUT2D eigenvalue weighted by Crippen LogP contribution is 2.30. The Hall–Kier alpha value is -3.23. The molecule has 1 amide bonds. The number of carbonyl (C=O) groups excluding carboxylic acids is 2. The third-order valence-corrected chi connectivity index (χ3v) is 4.53. The van der Waals surface area contributed by atoms with Gasteiger partial charge in [0.2, 0.25) is 0 Å². The largest absolute Gasteiger partial charge is 0.494 e. The second kappa shape index (κ2) is 9.81. The summed E-state index contributed by atoms with van der Waals surface area (Å²) in [5.74, 6) is 0.169. The highest BCUT2D eigenvalue weighted by molar-refractivity contribution is 5.91. The molecule has 0 aromatic heterocycles. The summed E-state index contributed by atoms with van der Waals surface area (Å²) in [4.78, 5) is 23.8. The van der Waals surface area contributed by atoms with Crippen molar-refractivity contribution in [3.63, 3.8) is 0 Å². The quantitative estimate of drug-likeness (QED) is 0.376. The standard InChI is InChI=1S/C21H24N4O4/c1-3-29-19-7-5-4-6-16(19)17-12-18(24-23-17)20(26)25-22-13-14-8-10-15(11-9-14)21(27)28-2/h4-11,13,17-18,23-24H,3,12H2,1-2H3,(H,25,26)/b22-13+. The number of rotatable bonds is 7. The fourth-order valence-electron chi connectivity index (χ4n) is 3.06. The van der Waals surface area contributed by atoms with E-state index in [2.05, 4.69) is 26.1 Å². The molecule has 2 unspecified atom stereocenters. The lowest BCUT2D eigenvalue weighted by atomic mass is 10.0. The van der Waals surface area contributed by atoms with Crippen molar-refractivity contribution in [2.24, 2.45) is 5.10 Å². The van der Waals surface area contributed by atoms with Crippen molar-refractivity contribution < 1.29 is 19.1 Å². The number of hydrogen-bond donors (Lipinski definition) is 3. The molecule has 1 aliphatic rings. The molecule has 8 heteroatoms. The van der Waals surface area contributed by atoms with Crippen molar-refractivity contribution in [2.45, 2.75) is 25.4 Å². The molecule has 1 heterocycles. The van der Waals surface area contributed by atoms with Gasteiger partial charge >= 0.3 is 5.97 Å². The zero-order valence-electron chi connectivity index (χ0n) is 16.3. The van der Waals surface area contributed by atoms with Crippen molar-refractivity contribution in [3.8, 4) is 5.75 Å². The van der Waals surface area contributed by atoms with Crippen LogP contribution in [0.2, 0.25) is 0 Å². The van der Waals surface area contributed by atoms with E-state index in [0.29, 0.717) is 18.6 Å². The van der Waals surface area contributed by atoms with Gasteiger partial charge in [0.15, 0.2) is 0 Å². The number of benzene rings is 2. The number of para-hydroxylation sites is 1. The van der Waals surface area contributed by atoms with Gasteiger partial charge in [-0.3, -0.25) is 4.79 Å². The van der Waals surface area contributed by atoms with Crippen LogP contribution in [0.25, 0.3) is 0 Å².